The Kier molecular flexibility index (Phi) is 25.3. The number of benzene rings is 4. The molecule has 0 aromatic heterocycles. The van der Waals surface area contributed by atoms with E-state index in [0.717, 1.165) is 52.4 Å². The van der Waals surface area contributed by atoms with Crippen LogP contribution in [0.2, 0.25) is 0 Å². The molecule has 0 bridgehead atoms. The Morgan fingerprint density at radius 3 is 0.635 bits per heavy atom. The molecule has 4 aromatic carbocycles. The van der Waals surface area contributed by atoms with Crippen molar-refractivity contribution in [3.8, 4) is 0 Å². The number of para-hydroxylation sites is 4. The molecular formula is C56H88N4OSi2. The molecule has 2 radical (unpaired) electrons. The zero-order valence-electron chi connectivity index (χ0n) is 41.4. The van der Waals surface area contributed by atoms with Crippen molar-refractivity contribution in [2.45, 2.75) is 158 Å². The Hall–Kier alpha value is -3.53. The Morgan fingerprint density at radius 1 is 0.286 bits per heavy atom. The third-order valence-electron chi connectivity index (χ3n) is 12.4. The van der Waals surface area contributed by atoms with Crippen LogP contribution in [-0.2, 0) is 4.12 Å². The van der Waals surface area contributed by atoms with Gasteiger partial charge in [0.2, 0.25) is 0 Å². The molecule has 0 aliphatic carbocycles. The van der Waals surface area contributed by atoms with Gasteiger partial charge in [0.15, 0.2) is 0 Å². The number of rotatable bonds is 34. The van der Waals surface area contributed by atoms with Crippen LogP contribution in [-0.4, -0.2) is 70.4 Å². The summed E-state index contributed by atoms with van der Waals surface area (Å²) in [5.74, 6) is 0. The Morgan fingerprint density at radius 2 is 0.460 bits per heavy atom. The van der Waals surface area contributed by atoms with Gasteiger partial charge in [-0.25, -0.2) is 0 Å². The molecule has 0 unspecified atom stereocenters. The lowest BCUT2D eigenvalue weighted by molar-refractivity contribution is 0.629. The largest absolute Gasteiger partial charge is 0.442 e. The maximum Gasteiger partial charge on any atom is 0.276 e. The van der Waals surface area contributed by atoms with Gasteiger partial charge in [0.25, 0.3) is 18.1 Å². The maximum atomic E-state index is 8.49. The fourth-order valence-corrected chi connectivity index (χ4v) is 14.6. The molecule has 63 heavy (non-hydrogen) atoms. The van der Waals surface area contributed by atoms with Crippen LogP contribution in [0.25, 0.3) is 0 Å². The van der Waals surface area contributed by atoms with Crippen molar-refractivity contribution >= 4 is 61.6 Å². The molecule has 346 valence electrons. The summed E-state index contributed by atoms with van der Waals surface area (Å²) in [4.78, 5) is 10.9. The first-order chi connectivity index (χ1) is 31.0. The molecule has 0 fully saturated rings. The first-order valence-corrected chi connectivity index (χ1v) is 28.6. The van der Waals surface area contributed by atoms with Crippen molar-refractivity contribution in [3.05, 3.63) is 97.1 Å². The molecule has 4 rings (SSSR count). The van der Waals surface area contributed by atoms with Gasteiger partial charge in [-0.2, -0.15) is 0 Å². The van der Waals surface area contributed by atoms with Crippen LogP contribution in [0, 0.1) is 0 Å². The fraction of sp³-hybridized carbons (Fsp3) is 0.571. The van der Waals surface area contributed by atoms with Crippen LogP contribution < -0.4 is 40.3 Å². The molecule has 5 nitrogen and oxygen atoms in total. The number of unbranched alkanes of at least 4 members (excludes halogenated alkanes) is 8. The highest BCUT2D eigenvalue weighted by molar-refractivity contribution is 6.93. The van der Waals surface area contributed by atoms with Gasteiger partial charge in [-0.15, -0.1) is 0 Å². The van der Waals surface area contributed by atoms with Crippen molar-refractivity contribution in [2.24, 2.45) is 0 Å². The lowest BCUT2D eigenvalue weighted by atomic mass is 10.2. The highest BCUT2D eigenvalue weighted by atomic mass is 28.4. The van der Waals surface area contributed by atoms with Crippen LogP contribution in [0.15, 0.2) is 97.1 Å². The smallest absolute Gasteiger partial charge is 0.276 e. The van der Waals surface area contributed by atoms with E-state index in [-0.39, 0.29) is 0 Å². The van der Waals surface area contributed by atoms with E-state index < -0.39 is 18.1 Å². The zero-order chi connectivity index (χ0) is 45.1. The molecule has 0 N–H and O–H groups in total. The summed E-state index contributed by atoms with van der Waals surface area (Å²) >= 11 is 0. The predicted molar refractivity (Wildman–Crippen MR) is 285 cm³/mol. The molecule has 0 spiro atoms. The van der Waals surface area contributed by atoms with E-state index in [4.69, 9.17) is 4.12 Å². The van der Waals surface area contributed by atoms with E-state index in [1.807, 2.05) is 0 Å². The maximum absolute atomic E-state index is 8.49. The fourth-order valence-electron chi connectivity index (χ4n) is 8.58. The summed E-state index contributed by atoms with van der Waals surface area (Å²) in [7, 11) is -3.73. The molecule has 0 saturated heterocycles. The van der Waals surface area contributed by atoms with Crippen LogP contribution in [0.3, 0.4) is 0 Å². The van der Waals surface area contributed by atoms with Crippen LogP contribution in [0.4, 0.5) is 22.7 Å². The minimum absolute atomic E-state index is 1.07. The van der Waals surface area contributed by atoms with Gasteiger partial charge in [0.05, 0.1) is 0 Å². The molecule has 0 heterocycles. The van der Waals surface area contributed by atoms with Crippen molar-refractivity contribution in [2.75, 3.05) is 72.0 Å². The van der Waals surface area contributed by atoms with E-state index in [2.05, 4.69) is 172 Å². The molecule has 4 aromatic rings. The van der Waals surface area contributed by atoms with E-state index in [1.54, 1.807) is 0 Å². The highest BCUT2D eigenvalue weighted by Gasteiger charge is 2.36. The molecular weight excluding hydrogens is 801 g/mol. The van der Waals surface area contributed by atoms with Gasteiger partial charge < -0.3 is 23.7 Å². The summed E-state index contributed by atoms with van der Waals surface area (Å²) < 4.78 is 8.49. The van der Waals surface area contributed by atoms with Crippen LogP contribution in [0.5, 0.6) is 0 Å². The number of hydrogen-bond acceptors (Lipinski definition) is 5. The van der Waals surface area contributed by atoms with Gasteiger partial charge in [0.1, 0.15) is 0 Å². The summed E-state index contributed by atoms with van der Waals surface area (Å²) in [5, 5.41) is 5.59. The number of nitrogens with zero attached hydrogens (tertiary/aromatic N) is 4. The first kappa shape index (κ1) is 52.1. The summed E-state index contributed by atoms with van der Waals surface area (Å²) in [5.41, 5.74) is 5.50. The Bertz CT molecular complexity index is 1510. The van der Waals surface area contributed by atoms with Gasteiger partial charge in [-0.3, -0.25) is 0 Å². The minimum Gasteiger partial charge on any atom is -0.442 e. The average molecular weight is 890 g/mol. The normalized spacial score (nSPS) is 11.5. The lowest BCUT2D eigenvalue weighted by Crippen LogP contribution is -2.59. The van der Waals surface area contributed by atoms with Gasteiger partial charge in [-0.05, 0) is 96.4 Å². The zero-order valence-corrected chi connectivity index (χ0v) is 43.4. The Labute approximate surface area is 391 Å². The van der Waals surface area contributed by atoms with Crippen LogP contribution >= 0.6 is 0 Å². The lowest BCUT2D eigenvalue weighted by Gasteiger charge is -2.36. The summed E-state index contributed by atoms with van der Waals surface area (Å²) in [6.45, 7) is 27.2. The topological polar surface area (TPSA) is 22.2 Å². The van der Waals surface area contributed by atoms with E-state index in [9.17, 15) is 0 Å². The quantitative estimate of drug-likeness (QED) is 0.0435. The second kappa shape index (κ2) is 30.6. The van der Waals surface area contributed by atoms with Gasteiger partial charge in [0, 0.05) is 75.1 Å². The summed E-state index contributed by atoms with van der Waals surface area (Å²) in [6.07, 6.45) is 19.0. The third kappa shape index (κ3) is 15.8. The van der Waals surface area contributed by atoms with E-state index >= 15 is 0 Å². The van der Waals surface area contributed by atoms with Crippen molar-refractivity contribution < 1.29 is 4.12 Å². The van der Waals surface area contributed by atoms with Crippen molar-refractivity contribution in [1.82, 2.24) is 0 Å². The van der Waals surface area contributed by atoms with Gasteiger partial charge in [-0.1, -0.05) is 180 Å². The first-order valence-electron chi connectivity index (χ1n) is 25.8. The molecule has 0 amide bonds. The van der Waals surface area contributed by atoms with E-state index in [1.165, 1.54) is 146 Å². The molecule has 0 aliphatic rings. The number of anilines is 4. The minimum atomic E-state index is -1.86. The van der Waals surface area contributed by atoms with Crippen molar-refractivity contribution in [1.29, 1.82) is 0 Å². The van der Waals surface area contributed by atoms with Gasteiger partial charge >= 0.3 is 0 Å². The third-order valence-corrected chi connectivity index (χ3v) is 17.7. The van der Waals surface area contributed by atoms with E-state index in [0.29, 0.717) is 0 Å². The molecule has 0 atom stereocenters. The second-order valence-electron chi connectivity index (χ2n) is 17.6. The van der Waals surface area contributed by atoms with Crippen LogP contribution in [0.1, 0.15) is 158 Å². The monoisotopic (exact) mass is 889 g/mol. The second-order valence-corrected chi connectivity index (χ2v) is 21.9. The SMILES string of the molecule is CCCCN(CCCC)c1ccccc1[Si](O[Si](c1ccccc1N(CCCC)CCCC)c1ccccc1N(CCCC)CCCC)c1ccccc1N(CCCC)CCCC. The van der Waals surface area contributed by atoms with Crippen molar-refractivity contribution in [3.63, 3.8) is 0 Å². The highest BCUT2D eigenvalue weighted by Crippen LogP contribution is 2.24. The molecule has 0 saturated carbocycles. The summed E-state index contributed by atoms with van der Waals surface area (Å²) in [6, 6.07) is 37.8. The number of hydrogen-bond donors (Lipinski definition) is 0. The molecule has 0 aliphatic heterocycles. The standard InChI is InChI=1S/C56H88N4OSi2/c1-9-17-41-57(42-18-10-2)49-33-25-29-37-53(49)62(54-38-30-26-34-50(54)58(43-19-11-3)44-20-12-4)61-63(55-39-31-27-35-51(55)59(45-21-13-5)46-22-14-6)56-40-32-28-36-52(56)60(47-23-15-7)48-24-16-8/h25-40H,9-24,41-48H2,1-8H3. The Balaban J connectivity index is 2.12. The average Bonchev–Trinajstić information content (AvgIpc) is 3.32. The predicted octanol–water partition coefficient (Wildman–Crippen LogP) is 12.2. The molecule has 7 heteroatoms.